The molecule has 0 aromatic carbocycles. The Morgan fingerprint density at radius 3 is 1.77 bits per heavy atom. The van der Waals surface area contributed by atoms with E-state index in [-0.39, 0.29) is 0 Å². The van der Waals surface area contributed by atoms with Crippen molar-refractivity contribution in [2.24, 2.45) is 11.3 Å². The van der Waals surface area contributed by atoms with Gasteiger partial charge in [-0.1, -0.05) is 20.8 Å². The van der Waals surface area contributed by atoms with Crippen LogP contribution in [0.4, 0.5) is 0 Å². The minimum absolute atomic E-state index is 0.340. The van der Waals surface area contributed by atoms with E-state index >= 15 is 0 Å². The van der Waals surface area contributed by atoms with Crippen LogP contribution < -0.4 is 0 Å². The third kappa shape index (κ3) is 5.02. The minimum Gasteiger partial charge on any atom is -0.299 e. The van der Waals surface area contributed by atoms with Crippen molar-refractivity contribution in [2.45, 2.75) is 97.7 Å². The van der Waals surface area contributed by atoms with Crippen LogP contribution in [0.2, 0.25) is 0 Å². The Labute approximate surface area is 163 Å². The first-order valence-corrected chi connectivity index (χ1v) is 11.4. The van der Waals surface area contributed by atoms with Crippen LogP contribution in [0.1, 0.15) is 80.1 Å². The predicted octanol–water partition coefficient (Wildman–Crippen LogP) is 4.47. The van der Waals surface area contributed by atoms with E-state index in [1.807, 2.05) is 0 Å². The molecule has 3 aliphatic heterocycles. The van der Waals surface area contributed by atoms with Crippen LogP contribution in [0.25, 0.3) is 0 Å². The second-order valence-corrected chi connectivity index (χ2v) is 11.4. The van der Waals surface area contributed by atoms with Gasteiger partial charge in [-0.05, 0) is 90.3 Å². The van der Waals surface area contributed by atoms with E-state index in [0.717, 1.165) is 18.0 Å². The fourth-order valence-corrected chi connectivity index (χ4v) is 5.65. The SMILES string of the molecule is CC(C)(C)C1CCN(C2CCCN(C3CCN(C(C)(C)C)CC3)C2)CC1. The van der Waals surface area contributed by atoms with Crippen LogP contribution in [0, 0.1) is 11.3 Å². The van der Waals surface area contributed by atoms with E-state index in [9.17, 15) is 0 Å². The molecule has 0 spiro atoms. The Morgan fingerprint density at radius 2 is 1.23 bits per heavy atom. The molecule has 0 saturated carbocycles. The summed E-state index contributed by atoms with van der Waals surface area (Å²) in [7, 11) is 0. The molecule has 3 rings (SSSR count). The molecule has 0 aromatic heterocycles. The first-order valence-electron chi connectivity index (χ1n) is 11.4. The summed E-state index contributed by atoms with van der Waals surface area (Å²) < 4.78 is 0. The molecule has 0 bridgehead atoms. The molecule has 3 fully saturated rings. The Morgan fingerprint density at radius 1 is 0.615 bits per heavy atom. The van der Waals surface area contributed by atoms with Crippen molar-refractivity contribution in [3.05, 3.63) is 0 Å². The highest BCUT2D eigenvalue weighted by atomic mass is 15.3. The number of rotatable bonds is 2. The van der Waals surface area contributed by atoms with E-state index in [1.165, 1.54) is 77.8 Å². The van der Waals surface area contributed by atoms with Crippen LogP contribution in [-0.2, 0) is 0 Å². The maximum atomic E-state index is 2.87. The van der Waals surface area contributed by atoms with Crippen molar-refractivity contribution in [2.75, 3.05) is 39.3 Å². The molecule has 0 amide bonds. The zero-order chi connectivity index (χ0) is 18.9. The number of likely N-dealkylation sites (tertiary alicyclic amines) is 3. The molecule has 3 aliphatic rings. The van der Waals surface area contributed by atoms with Gasteiger partial charge in [-0.2, -0.15) is 0 Å². The van der Waals surface area contributed by atoms with Crippen molar-refractivity contribution in [3.8, 4) is 0 Å². The quantitative estimate of drug-likeness (QED) is 0.716. The van der Waals surface area contributed by atoms with Crippen LogP contribution >= 0.6 is 0 Å². The Bertz CT molecular complexity index is 391. The van der Waals surface area contributed by atoms with Crippen LogP contribution in [0.5, 0.6) is 0 Å². The number of hydrogen-bond donors (Lipinski definition) is 0. The van der Waals surface area contributed by atoms with Crippen molar-refractivity contribution >= 4 is 0 Å². The summed E-state index contributed by atoms with van der Waals surface area (Å²) in [5, 5.41) is 0. The van der Waals surface area contributed by atoms with Crippen molar-refractivity contribution in [1.29, 1.82) is 0 Å². The number of nitrogens with zero attached hydrogens (tertiary/aromatic N) is 3. The molecule has 0 aromatic rings. The molecule has 1 unspecified atom stereocenters. The average Bonchev–Trinajstić information content (AvgIpc) is 2.61. The van der Waals surface area contributed by atoms with Crippen molar-refractivity contribution in [1.82, 2.24) is 14.7 Å². The first-order chi connectivity index (χ1) is 12.1. The van der Waals surface area contributed by atoms with Crippen LogP contribution in [0.15, 0.2) is 0 Å². The van der Waals surface area contributed by atoms with Gasteiger partial charge in [0.05, 0.1) is 0 Å². The van der Waals surface area contributed by atoms with Gasteiger partial charge in [0, 0.05) is 37.3 Å². The Balaban J connectivity index is 1.48. The van der Waals surface area contributed by atoms with E-state index in [1.54, 1.807) is 0 Å². The van der Waals surface area contributed by atoms with Gasteiger partial charge in [-0.15, -0.1) is 0 Å². The second-order valence-electron chi connectivity index (χ2n) is 11.4. The molecule has 26 heavy (non-hydrogen) atoms. The van der Waals surface area contributed by atoms with Gasteiger partial charge < -0.3 is 0 Å². The topological polar surface area (TPSA) is 9.72 Å². The highest BCUT2D eigenvalue weighted by Crippen LogP contribution is 2.35. The zero-order valence-electron chi connectivity index (χ0n) is 18.6. The highest BCUT2D eigenvalue weighted by molar-refractivity contribution is 4.91. The van der Waals surface area contributed by atoms with E-state index in [2.05, 4.69) is 56.2 Å². The first kappa shape index (κ1) is 20.6. The monoisotopic (exact) mass is 363 g/mol. The molecule has 0 N–H and O–H groups in total. The highest BCUT2D eigenvalue weighted by Gasteiger charge is 2.35. The van der Waals surface area contributed by atoms with Gasteiger partial charge in [-0.25, -0.2) is 0 Å². The molecular weight excluding hydrogens is 318 g/mol. The van der Waals surface area contributed by atoms with Gasteiger partial charge in [0.1, 0.15) is 0 Å². The summed E-state index contributed by atoms with van der Waals surface area (Å²) in [5.41, 5.74) is 0.832. The van der Waals surface area contributed by atoms with E-state index in [4.69, 9.17) is 0 Å². The summed E-state index contributed by atoms with van der Waals surface area (Å²) in [5.74, 6) is 0.917. The fraction of sp³-hybridized carbons (Fsp3) is 1.00. The summed E-state index contributed by atoms with van der Waals surface area (Å²) in [6.45, 7) is 22.3. The van der Waals surface area contributed by atoms with Crippen molar-refractivity contribution in [3.63, 3.8) is 0 Å². The molecule has 3 heterocycles. The summed E-state index contributed by atoms with van der Waals surface area (Å²) in [4.78, 5) is 8.39. The summed E-state index contributed by atoms with van der Waals surface area (Å²) in [6, 6.07) is 1.66. The van der Waals surface area contributed by atoms with Crippen molar-refractivity contribution < 1.29 is 0 Å². The Hall–Kier alpha value is -0.120. The normalized spacial score (nSPS) is 30.0. The van der Waals surface area contributed by atoms with Gasteiger partial charge in [0.15, 0.2) is 0 Å². The number of hydrogen-bond acceptors (Lipinski definition) is 3. The second kappa shape index (κ2) is 8.09. The molecule has 152 valence electrons. The largest absolute Gasteiger partial charge is 0.299 e. The van der Waals surface area contributed by atoms with Gasteiger partial charge in [0.25, 0.3) is 0 Å². The Kier molecular flexibility index (Phi) is 6.41. The third-order valence-electron chi connectivity index (χ3n) is 7.63. The van der Waals surface area contributed by atoms with Gasteiger partial charge in [0.2, 0.25) is 0 Å². The lowest BCUT2D eigenvalue weighted by atomic mass is 9.75. The zero-order valence-corrected chi connectivity index (χ0v) is 18.6. The summed E-state index contributed by atoms with van der Waals surface area (Å²) in [6.07, 6.45) is 8.39. The fourth-order valence-electron chi connectivity index (χ4n) is 5.65. The van der Waals surface area contributed by atoms with Crippen LogP contribution in [-0.4, -0.2) is 71.6 Å². The lowest BCUT2D eigenvalue weighted by Gasteiger charge is -2.48. The summed E-state index contributed by atoms with van der Waals surface area (Å²) >= 11 is 0. The maximum absolute atomic E-state index is 2.87. The minimum atomic E-state index is 0.340. The molecular formula is C23H45N3. The average molecular weight is 364 g/mol. The molecule has 1 atom stereocenters. The van der Waals surface area contributed by atoms with Gasteiger partial charge in [-0.3, -0.25) is 14.7 Å². The number of piperidine rings is 3. The van der Waals surface area contributed by atoms with E-state index in [0.29, 0.717) is 11.0 Å². The lowest BCUT2D eigenvalue weighted by Crippen LogP contribution is -2.56. The standard InChI is InChI=1S/C23H45N3/c1-22(2,3)19-9-14-24(15-10-19)21-8-7-13-25(18-21)20-11-16-26(17-12-20)23(4,5)6/h19-21H,7-18H2,1-6H3. The molecule has 3 heteroatoms. The van der Waals surface area contributed by atoms with Crippen LogP contribution in [0.3, 0.4) is 0 Å². The lowest BCUT2D eigenvalue weighted by molar-refractivity contribution is 0.00880. The third-order valence-corrected chi connectivity index (χ3v) is 7.63. The molecule has 3 nitrogen and oxygen atoms in total. The predicted molar refractivity (Wildman–Crippen MR) is 113 cm³/mol. The molecule has 0 radical (unpaired) electrons. The molecule has 3 saturated heterocycles. The smallest absolute Gasteiger partial charge is 0.0223 e. The van der Waals surface area contributed by atoms with E-state index < -0.39 is 0 Å². The van der Waals surface area contributed by atoms with Gasteiger partial charge >= 0.3 is 0 Å². The molecule has 0 aliphatic carbocycles. The maximum Gasteiger partial charge on any atom is 0.0223 e.